The van der Waals surface area contributed by atoms with Gasteiger partial charge in [0.25, 0.3) is 0 Å². The van der Waals surface area contributed by atoms with Crippen LogP contribution in [-0.4, -0.2) is 11.0 Å². The normalized spacial score (nSPS) is 9.50. The first-order valence-electron chi connectivity index (χ1n) is 3.54. The number of nitrogens with zero attached hydrogens (tertiary/aromatic N) is 1. The van der Waals surface area contributed by atoms with E-state index in [1.54, 1.807) is 19.2 Å². The molecule has 0 spiro atoms. The molecule has 64 valence electrons. The molecular weight excluding hydrogens is 269 g/mol. The van der Waals surface area contributed by atoms with Gasteiger partial charge in [0.05, 0.1) is 0 Å². The van der Waals surface area contributed by atoms with Crippen molar-refractivity contribution in [1.29, 1.82) is 0 Å². The number of halogens is 1. The highest BCUT2D eigenvalue weighted by Crippen LogP contribution is 2.11. The Balaban J connectivity index is 2.69. The summed E-state index contributed by atoms with van der Waals surface area (Å²) in [5.74, 6) is 0.109. The van der Waals surface area contributed by atoms with Crippen molar-refractivity contribution in [2.75, 3.05) is 0 Å². The van der Waals surface area contributed by atoms with Crippen LogP contribution in [0.3, 0.4) is 0 Å². The lowest BCUT2D eigenvalue weighted by atomic mass is 10.5. The molecule has 1 aromatic rings. The molecule has 1 rings (SSSR count). The molecule has 0 fully saturated rings. The van der Waals surface area contributed by atoms with E-state index in [1.807, 2.05) is 6.07 Å². The van der Waals surface area contributed by atoms with Gasteiger partial charge < -0.3 is 4.74 Å². The maximum Gasteiger partial charge on any atom is 0.312 e. The Labute approximate surface area is 84.3 Å². The molecule has 0 aliphatic carbocycles. The second-order valence-corrected chi connectivity index (χ2v) is 3.39. The van der Waals surface area contributed by atoms with Crippen molar-refractivity contribution in [1.82, 2.24) is 4.98 Å². The third-order valence-corrected chi connectivity index (χ3v) is 1.87. The Hall–Kier alpha value is -0.650. The lowest BCUT2D eigenvalue weighted by Crippen LogP contribution is -2.06. The smallest absolute Gasteiger partial charge is 0.312 e. The topological polar surface area (TPSA) is 39.2 Å². The molecule has 0 radical (unpaired) electrons. The average molecular weight is 277 g/mol. The predicted molar refractivity (Wildman–Crippen MR) is 52.9 cm³/mol. The number of pyridine rings is 1. The third kappa shape index (κ3) is 2.77. The zero-order valence-electron chi connectivity index (χ0n) is 6.58. The van der Waals surface area contributed by atoms with Gasteiger partial charge in [-0.3, -0.25) is 4.79 Å². The summed E-state index contributed by atoms with van der Waals surface area (Å²) in [5, 5.41) is 0. The summed E-state index contributed by atoms with van der Waals surface area (Å²) in [6.07, 6.45) is 1.98. The molecule has 0 saturated heterocycles. The monoisotopic (exact) mass is 277 g/mol. The van der Waals surface area contributed by atoms with E-state index >= 15 is 0 Å². The fourth-order valence-corrected chi connectivity index (χ4v) is 1.06. The molecule has 0 aromatic carbocycles. The van der Waals surface area contributed by atoms with E-state index in [0.29, 0.717) is 12.3 Å². The Kier molecular flexibility index (Phi) is 3.46. The molecular formula is C8H8INO2. The van der Waals surface area contributed by atoms with Crippen LogP contribution in [0.4, 0.5) is 0 Å². The Bertz CT molecular complexity index is 288. The van der Waals surface area contributed by atoms with Crippen LogP contribution in [-0.2, 0) is 4.79 Å². The van der Waals surface area contributed by atoms with Gasteiger partial charge in [-0.05, 0) is 28.7 Å². The molecule has 4 heteroatoms. The Morgan fingerprint density at radius 2 is 2.50 bits per heavy atom. The second kappa shape index (κ2) is 4.39. The van der Waals surface area contributed by atoms with E-state index in [2.05, 4.69) is 27.6 Å². The van der Waals surface area contributed by atoms with E-state index in [1.165, 1.54) is 0 Å². The van der Waals surface area contributed by atoms with Crippen LogP contribution in [0.5, 0.6) is 5.88 Å². The largest absolute Gasteiger partial charge is 0.407 e. The van der Waals surface area contributed by atoms with Gasteiger partial charge in [-0.25, -0.2) is 4.98 Å². The summed E-state index contributed by atoms with van der Waals surface area (Å²) in [4.78, 5) is 14.7. The van der Waals surface area contributed by atoms with Gasteiger partial charge in [0.1, 0.15) is 0 Å². The summed E-state index contributed by atoms with van der Waals surface area (Å²) >= 11 is 2.13. The highest BCUT2D eigenvalue weighted by atomic mass is 127. The van der Waals surface area contributed by atoms with Gasteiger partial charge >= 0.3 is 5.97 Å². The number of ether oxygens (including phenoxy) is 1. The number of carbonyl (C=O) groups excluding carboxylic acids is 1. The minimum absolute atomic E-state index is 0.260. The highest BCUT2D eigenvalue weighted by molar-refractivity contribution is 14.1. The van der Waals surface area contributed by atoms with E-state index in [0.717, 1.165) is 3.57 Å². The third-order valence-electron chi connectivity index (χ3n) is 1.20. The first kappa shape index (κ1) is 9.44. The molecule has 0 saturated carbocycles. The molecule has 12 heavy (non-hydrogen) atoms. The van der Waals surface area contributed by atoms with Gasteiger partial charge in [0, 0.05) is 22.3 Å². The van der Waals surface area contributed by atoms with Crippen LogP contribution in [0.2, 0.25) is 0 Å². The van der Waals surface area contributed by atoms with Gasteiger partial charge in [0.2, 0.25) is 5.88 Å². The SMILES string of the molecule is CCC(=O)Oc1cc(I)ccn1. The maximum absolute atomic E-state index is 10.8. The maximum atomic E-state index is 10.8. The van der Waals surface area contributed by atoms with Crippen molar-refractivity contribution in [2.24, 2.45) is 0 Å². The van der Waals surface area contributed by atoms with E-state index in [9.17, 15) is 4.79 Å². The average Bonchev–Trinajstić information content (AvgIpc) is 2.04. The fourth-order valence-electron chi connectivity index (χ4n) is 0.630. The van der Waals surface area contributed by atoms with Crippen LogP contribution in [0.1, 0.15) is 13.3 Å². The molecule has 0 aliphatic rings. The van der Waals surface area contributed by atoms with Crippen molar-refractivity contribution in [3.05, 3.63) is 21.9 Å². The number of rotatable bonds is 2. The van der Waals surface area contributed by atoms with Crippen molar-refractivity contribution in [3.8, 4) is 5.88 Å². The van der Waals surface area contributed by atoms with E-state index in [-0.39, 0.29) is 5.97 Å². The minimum atomic E-state index is -0.260. The summed E-state index contributed by atoms with van der Waals surface area (Å²) < 4.78 is 5.89. The molecule has 0 aliphatic heterocycles. The fraction of sp³-hybridized carbons (Fsp3) is 0.250. The van der Waals surface area contributed by atoms with E-state index < -0.39 is 0 Å². The zero-order valence-corrected chi connectivity index (χ0v) is 8.74. The lowest BCUT2D eigenvalue weighted by Gasteiger charge is -2.00. The number of hydrogen-bond donors (Lipinski definition) is 0. The van der Waals surface area contributed by atoms with Crippen molar-refractivity contribution >= 4 is 28.6 Å². The minimum Gasteiger partial charge on any atom is -0.407 e. The van der Waals surface area contributed by atoms with Gasteiger partial charge in [-0.1, -0.05) is 6.92 Å². The predicted octanol–water partition coefficient (Wildman–Crippen LogP) is 2.00. The zero-order chi connectivity index (χ0) is 8.97. The summed E-state index contributed by atoms with van der Waals surface area (Å²) in [7, 11) is 0. The van der Waals surface area contributed by atoms with Crippen LogP contribution < -0.4 is 4.74 Å². The summed E-state index contributed by atoms with van der Waals surface area (Å²) in [6.45, 7) is 1.75. The number of carbonyl (C=O) groups is 1. The molecule has 0 unspecified atom stereocenters. The van der Waals surface area contributed by atoms with Crippen LogP contribution in [0, 0.1) is 3.57 Å². The first-order chi connectivity index (χ1) is 5.72. The van der Waals surface area contributed by atoms with Crippen LogP contribution >= 0.6 is 22.6 Å². The molecule has 0 atom stereocenters. The van der Waals surface area contributed by atoms with Crippen molar-refractivity contribution < 1.29 is 9.53 Å². The van der Waals surface area contributed by atoms with Crippen LogP contribution in [0.25, 0.3) is 0 Å². The first-order valence-corrected chi connectivity index (χ1v) is 4.62. The second-order valence-electron chi connectivity index (χ2n) is 2.14. The molecule has 3 nitrogen and oxygen atoms in total. The number of aromatic nitrogens is 1. The quantitative estimate of drug-likeness (QED) is 0.613. The molecule has 1 aromatic heterocycles. The number of esters is 1. The van der Waals surface area contributed by atoms with Crippen LogP contribution in [0.15, 0.2) is 18.3 Å². The Morgan fingerprint density at radius 3 is 3.08 bits per heavy atom. The summed E-state index contributed by atoms with van der Waals surface area (Å²) in [6, 6.07) is 3.55. The van der Waals surface area contributed by atoms with E-state index in [4.69, 9.17) is 4.74 Å². The highest BCUT2D eigenvalue weighted by Gasteiger charge is 2.01. The van der Waals surface area contributed by atoms with Crippen molar-refractivity contribution in [3.63, 3.8) is 0 Å². The number of hydrogen-bond acceptors (Lipinski definition) is 3. The molecule has 0 bridgehead atoms. The molecule has 1 heterocycles. The van der Waals surface area contributed by atoms with Gasteiger partial charge in [-0.2, -0.15) is 0 Å². The lowest BCUT2D eigenvalue weighted by molar-refractivity contribution is -0.134. The summed E-state index contributed by atoms with van der Waals surface area (Å²) in [5.41, 5.74) is 0. The molecule has 0 N–H and O–H groups in total. The Morgan fingerprint density at radius 1 is 1.75 bits per heavy atom. The standard InChI is InChI=1S/C8H8INO2/c1-2-8(11)12-7-5-6(9)3-4-10-7/h3-5H,2H2,1H3. The molecule has 0 amide bonds. The van der Waals surface area contributed by atoms with Gasteiger partial charge in [0.15, 0.2) is 0 Å². The van der Waals surface area contributed by atoms with Crippen molar-refractivity contribution in [2.45, 2.75) is 13.3 Å². The van der Waals surface area contributed by atoms with Gasteiger partial charge in [-0.15, -0.1) is 0 Å².